The van der Waals surface area contributed by atoms with Crippen LogP contribution in [-0.4, -0.2) is 33.7 Å². The predicted octanol–water partition coefficient (Wildman–Crippen LogP) is 1.70. The number of rotatable bonds is 2. The highest BCUT2D eigenvalue weighted by atomic mass is 15.1. The lowest BCUT2D eigenvalue weighted by Crippen LogP contribution is -2.13. The van der Waals surface area contributed by atoms with Gasteiger partial charge in [0.1, 0.15) is 0 Å². The van der Waals surface area contributed by atoms with Crippen molar-refractivity contribution in [2.75, 3.05) is 13.1 Å². The minimum atomic E-state index is 0.548. The Kier molecular flexibility index (Phi) is 2.41. The van der Waals surface area contributed by atoms with E-state index < -0.39 is 0 Å². The number of hydrogen-bond acceptors (Lipinski definition) is 4. The van der Waals surface area contributed by atoms with E-state index in [1.54, 1.807) is 0 Å². The smallest absolute Gasteiger partial charge is 0.172 e. The predicted molar refractivity (Wildman–Crippen MR) is 74.2 cm³/mol. The Hall–Kier alpha value is -1.75. The van der Waals surface area contributed by atoms with E-state index in [1.807, 2.05) is 18.6 Å². The number of fused-ring (bicyclic) bond motifs is 3. The van der Waals surface area contributed by atoms with Gasteiger partial charge in [0.25, 0.3) is 0 Å². The molecule has 0 aromatic carbocycles. The average molecular weight is 255 g/mol. The molecule has 0 aliphatic carbocycles. The Morgan fingerprint density at radius 1 is 1.32 bits per heavy atom. The molecule has 5 heteroatoms. The summed E-state index contributed by atoms with van der Waals surface area (Å²) >= 11 is 0. The Morgan fingerprint density at radius 2 is 2.26 bits per heavy atom. The first kappa shape index (κ1) is 11.1. The first-order valence-electron chi connectivity index (χ1n) is 6.97. The molecule has 0 saturated carbocycles. The third-order valence-electron chi connectivity index (χ3n) is 4.39. The molecule has 0 spiro atoms. The van der Waals surface area contributed by atoms with Crippen molar-refractivity contribution < 1.29 is 0 Å². The van der Waals surface area contributed by atoms with Gasteiger partial charge in [-0.25, -0.2) is 15.0 Å². The Labute approximate surface area is 111 Å². The van der Waals surface area contributed by atoms with Gasteiger partial charge in [-0.15, -0.1) is 0 Å². The zero-order chi connectivity index (χ0) is 12.8. The molecule has 4 heterocycles. The molecule has 1 fully saturated rings. The van der Waals surface area contributed by atoms with Crippen molar-refractivity contribution >= 4 is 17.7 Å². The van der Waals surface area contributed by atoms with Crippen LogP contribution in [0.3, 0.4) is 0 Å². The number of aliphatic imine (C=N–C) groups is 1. The van der Waals surface area contributed by atoms with Crippen LogP contribution in [0.25, 0.3) is 5.65 Å². The van der Waals surface area contributed by atoms with Gasteiger partial charge in [-0.1, -0.05) is 13.3 Å². The van der Waals surface area contributed by atoms with E-state index in [-0.39, 0.29) is 0 Å². The summed E-state index contributed by atoms with van der Waals surface area (Å²) in [5.74, 6) is 2.10. The lowest BCUT2D eigenvalue weighted by Gasteiger charge is -2.17. The Bertz CT molecular complexity index is 657. The van der Waals surface area contributed by atoms with Crippen LogP contribution in [0, 0.1) is 5.92 Å². The summed E-state index contributed by atoms with van der Waals surface area (Å²) in [6.07, 6.45) is 7.85. The fourth-order valence-corrected chi connectivity index (χ4v) is 3.34. The van der Waals surface area contributed by atoms with Crippen LogP contribution >= 0.6 is 0 Å². The molecule has 4 rings (SSSR count). The van der Waals surface area contributed by atoms with Crippen LogP contribution < -0.4 is 5.32 Å². The molecule has 98 valence electrons. The highest BCUT2D eigenvalue weighted by Gasteiger charge is 2.30. The van der Waals surface area contributed by atoms with Crippen LogP contribution in [0.15, 0.2) is 17.4 Å². The summed E-state index contributed by atoms with van der Waals surface area (Å²) in [7, 11) is 0. The molecule has 2 aromatic rings. The molecule has 0 radical (unpaired) electrons. The van der Waals surface area contributed by atoms with E-state index in [2.05, 4.69) is 31.6 Å². The average Bonchev–Trinajstić information content (AvgIpc) is 3.15. The van der Waals surface area contributed by atoms with Gasteiger partial charge in [0.2, 0.25) is 0 Å². The molecule has 19 heavy (non-hydrogen) atoms. The van der Waals surface area contributed by atoms with Crippen molar-refractivity contribution in [3.05, 3.63) is 23.8 Å². The van der Waals surface area contributed by atoms with Gasteiger partial charge in [0.05, 0.1) is 11.9 Å². The fraction of sp³-hybridized carbons (Fsp3) is 0.500. The van der Waals surface area contributed by atoms with Crippen molar-refractivity contribution in [1.29, 1.82) is 0 Å². The maximum absolute atomic E-state index is 4.53. The molecule has 0 bridgehead atoms. The van der Waals surface area contributed by atoms with Gasteiger partial charge in [0, 0.05) is 37.0 Å². The van der Waals surface area contributed by atoms with E-state index >= 15 is 0 Å². The first-order valence-corrected chi connectivity index (χ1v) is 6.97. The van der Waals surface area contributed by atoms with Crippen LogP contribution in [0.2, 0.25) is 0 Å². The normalized spacial score (nSPS) is 25.3. The summed E-state index contributed by atoms with van der Waals surface area (Å²) < 4.78 is 2.27. The molecule has 2 aliphatic heterocycles. The van der Waals surface area contributed by atoms with E-state index in [1.165, 1.54) is 17.8 Å². The Balaban J connectivity index is 1.89. The molecule has 0 unspecified atom stereocenters. The van der Waals surface area contributed by atoms with E-state index in [4.69, 9.17) is 0 Å². The van der Waals surface area contributed by atoms with Crippen LogP contribution in [0.4, 0.5) is 5.82 Å². The summed E-state index contributed by atoms with van der Waals surface area (Å²) in [5, 5.41) is 3.51. The van der Waals surface area contributed by atoms with Gasteiger partial charge in [-0.3, -0.25) is 4.40 Å². The quantitative estimate of drug-likeness (QED) is 0.888. The molecule has 1 N–H and O–H groups in total. The lowest BCUT2D eigenvalue weighted by molar-refractivity contribution is 0.491. The van der Waals surface area contributed by atoms with Gasteiger partial charge in [-0.2, -0.15) is 0 Å². The number of imidazole rings is 1. The van der Waals surface area contributed by atoms with Crippen LogP contribution in [0.1, 0.15) is 30.7 Å². The maximum Gasteiger partial charge on any atom is 0.172 e. The molecule has 1 saturated heterocycles. The summed E-state index contributed by atoms with van der Waals surface area (Å²) in [6, 6.07) is 0. The van der Waals surface area contributed by atoms with Gasteiger partial charge >= 0.3 is 0 Å². The van der Waals surface area contributed by atoms with Gasteiger partial charge < -0.3 is 5.32 Å². The molecule has 2 aliphatic rings. The SMILES string of the molecule is CC[C@@H]1CNC[C@@H]1c1cnc2cnc3c(n12)CC=N3. The van der Waals surface area contributed by atoms with Crippen molar-refractivity contribution in [3.63, 3.8) is 0 Å². The van der Waals surface area contributed by atoms with Crippen molar-refractivity contribution in [3.8, 4) is 0 Å². The number of aromatic nitrogens is 3. The number of hydrogen-bond donors (Lipinski definition) is 1. The third kappa shape index (κ3) is 1.54. The molecule has 2 aromatic heterocycles. The second kappa shape index (κ2) is 4.13. The molecule has 0 amide bonds. The number of nitrogens with one attached hydrogen (secondary N) is 1. The van der Waals surface area contributed by atoms with Gasteiger partial charge in [-0.05, 0) is 12.5 Å². The second-order valence-corrected chi connectivity index (χ2v) is 5.35. The zero-order valence-electron chi connectivity index (χ0n) is 11.0. The topological polar surface area (TPSA) is 54.6 Å². The highest BCUT2D eigenvalue weighted by Crippen LogP contribution is 2.33. The van der Waals surface area contributed by atoms with E-state index in [9.17, 15) is 0 Å². The summed E-state index contributed by atoms with van der Waals surface area (Å²) in [4.78, 5) is 13.2. The fourth-order valence-electron chi connectivity index (χ4n) is 3.34. The first-order chi connectivity index (χ1) is 9.38. The van der Waals surface area contributed by atoms with Crippen LogP contribution in [-0.2, 0) is 6.42 Å². The van der Waals surface area contributed by atoms with E-state index in [0.717, 1.165) is 31.0 Å². The minimum Gasteiger partial charge on any atom is -0.316 e. The third-order valence-corrected chi connectivity index (χ3v) is 4.39. The van der Waals surface area contributed by atoms with Crippen molar-refractivity contribution in [1.82, 2.24) is 19.7 Å². The largest absolute Gasteiger partial charge is 0.316 e. The lowest BCUT2D eigenvalue weighted by atomic mass is 9.91. The van der Waals surface area contributed by atoms with Gasteiger partial charge in [0.15, 0.2) is 11.5 Å². The number of nitrogens with zero attached hydrogens (tertiary/aromatic N) is 4. The zero-order valence-corrected chi connectivity index (χ0v) is 11.0. The highest BCUT2D eigenvalue weighted by molar-refractivity contribution is 5.73. The van der Waals surface area contributed by atoms with E-state index in [0.29, 0.717) is 11.8 Å². The summed E-state index contributed by atoms with van der Waals surface area (Å²) in [5.41, 5.74) is 3.45. The molecular formula is C14H17N5. The maximum atomic E-state index is 4.53. The molecular weight excluding hydrogens is 238 g/mol. The second-order valence-electron chi connectivity index (χ2n) is 5.35. The molecule has 2 atom stereocenters. The van der Waals surface area contributed by atoms with Crippen LogP contribution in [0.5, 0.6) is 0 Å². The monoisotopic (exact) mass is 255 g/mol. The Morgan fingerprint density at radius 3 is 3.16 bits per heavy atom. The van der Waals surface area contributed by atoms with Crippen molar-refractivity contribution in [2.24, 2.45) is 10.9 Å². The van der Waals surface area contributed by atoms with Crippen molar-refractivity contribution in [2.45, 2.75) is 25.7 Å². The molecule has 5 nitrogen and oxygen atoms in total. The standard InChI is InChI=1S/C14H17N5/c1-2-9-5-15-6-10(9)12-7-17-13-8-18-14-11(19(12)13)3-4-16-14/h4,7-10,15H,2-3,5-6H2,1H3/t9-,10+/m1/s1. The summed E-state index contributed by atoms with van der Waals surface area (Å²) in [6.45, 7) is 4.42. The minimum absolute atomic E-state index is 0.548.